The van der Waals surface area contributed by atoms with Gasteiger partial charge in [-0.2, -0.15) is 0 Å². The maximum Gasteiger partial charge on any atom is 0.256 e. The summed E-state index contributed by atoms with van der Waals surface area (Å²) < 4.78 is 0. The van der Waals surface area contributed by atoms with Crippen LogP contribution in [0, 0.1) is 6.92 Å². The first-order valence-corrected chi connectivity index (χ1v) is 7.20. The van der Waals surface area contributed by atoms with E-state index in [1.807, 2.05) is 25.1 Å². The van der Waals surface area contributed by atoms with Gasteiger partial charge in [0.05, 0.1) is 12.1 Å². The molecular weight excluding hydrogens is 264 g/mol. The Kier molecular flexibility index (Phi) is 4.98. The van der Waals surface area contributed by atoms with Gasteiger partial charge in [-0.25, -0.2) is 4.98 Å². The molecule has 0 atom stereocenters. The first-order valence-electron chi connectivity index (χ1n) is 7.20. The lowest BCUT2D eigenvalue weighted by atomic mass is 10.1. The lowest BCUT2D eigenvalue weighted by molar-refractivity contribution is 0.0783. The zero-order valence-corrected chi connectivity index (χ0v) is 12.8. The lowest BCUT2D eigenvalue weighted by Gasteiger charge is -2.19. The van der Waals surface area contributed by atoms with Crippen LogP contribution in [0.2, 0.25) is 0 Å². The van der Waals surface area contributed by atoms with Crippen LogP contribution in [0.25, 0.3) is 0 Å². The molecule has 0 saturated carbocycles. The first-order chi connectivity index (χ1) is 10.1. The number of aryl methyl sites for hydroxylation is 1. The molecule has 1 amide bonds. The number of benzene rings is 1. The van der Waals surface area contributed by atoms with E-state index in [0.29, 0.717) is 12.1 Å². The summed E-state index contributed by atoms with van der Waals surface area (Å²) in [5.41, 5.74) is 2.73. The highest BCUT2D eigenvalue weighted by Gasteiger charge is 2.16. The van der Waals surface area contributed by atoms with Crippen molar-refractivity contribution < 1.29 is 4.79 Å². The van der Waals surface area contributed by atoms with Crippen LogP contribution in [-0.4, -0.2) is 34.4 Å². The van der Waals surface area contributed by atoms with E-state index >= 15 is 0 Å². The molecule has 0 aliphatic carbocycles. The van der Waals surface area contributed by atoms with Crippen LogP contribution in [-0.2, 0) is 6.54 Å². The van der Waals surface area contributed by atoms with Crippen LogP contribution < -0.4 is 5.32 Å². The van der Waals surface area contributed by atoms with Crippen molar-refractivity contribution in [2.24, 2.45) is 0 Å². The second-order valence-electron chi connectivity index (χ2n) is 5.17. The number of hydrogen-bond donors (Lipinski definition) is 2. The Bertz CT molecular complexity index is 592. The molecule has 0 aliphatic heterocycles. The van der Waals surface area contributed by atoms with Gasteiger partial charge in [-0.15, -0.1) is 0 Å². The number of amides is 1. The van der Waals surface area contributed by atoms with Gasteiger partial charge in [-0.3, -0.25) is 4.79 Å². The number of aromatic amines is 1. The van der Waals surface area contributed by atoms with Crippen molar-refractivity contribution in [1.82, 2.24) is 14.9 Å². The topological polar surface area (TPSA) is 61.0 Å². The number of nitrogens with zero attached hydrogens (tertiary/aromatic N) is 2. The molecule has 0 fully saturated rings. The van der Waals surface area contributed by atoms with Crippen LogP contribution in [0.15, 0.2) is 30.6 Å². The number of carbonyl (C=O) groups excluding carboxylic acids is 1. The standard InChI is InChI=1S/C16H22N4O/c1-4-7-17-14-10-12(2)5-6-13(14)16(21)20(3)11-15-18-8-9-19-15/h5-6,8-10,17H,4,7,11H2,1-3H3,(H,18,19). The third kappa shape index (κ3) is 3.84. The minimum absolute atomic E-state index is 0.00926. The van der Waals surface area contributed by atoms with Gasteiger partial charge in [-0.05, 0) is 31.0 Å². The number of hydrogen-bond acceptors (Lipinski definition) is 3. The zero-order chi connectivity index (χ0) is 15.2. The van der Waals surface area contributed by atoms with Gasteiger partial charge in [0.15, 0.2) is 0 Å². The van der Waals surface area contributed by atoms with E-state index in [2.05, 4.69) is 22.2 Å². The predicted molar refractivity (Wildman–Crippen MR) is 84.3 cm³/mol. The summed E-state index contributed by atoms with van der Waals surface area (Å²) in [5, 5.41) is 3.33. The zero-order valence-electron chi connectivity index (χ0n) is 12.8. The predicted octanol–water partition coefficient (Wildman–Crippen LogP) is 2.81. The second kappa shape index (κ2) is 6.92. The number of anilines is 1. The average Bonchev–Trinajstić information content (AvgIpc) is 2.97. The number of H-pyrrole nitrogens is 1. The molecule has 1 heterocycles. The van der Waals surface area contributed by atoms with Crippen molar-refractivity contribution in [2.45, 2.75) is 26.8 Å². The summed E-state index contributed by atoms with van der Waals surface area (Å²) in [7, 11) is 1.79. The molecule has 1 aromatic carbocycles. The highest BCUT2D eigenvalue weighted by atomic mass is 16.2. The van der Waals surface area contributed by atoms with Crippen molar-refractivity contribution >= 4 is 11.6 Å². The summed E-state index contributed by atoms with van der Waals surface area (Å²) in [6.07, 6.45) is 4.46. The van der Waals surface area contributed by atoms with Crippen molar-refractivity contribution in [1.29, 1.82) is 0 Å². The fourth-order valence-electron chi connectivity index (χ4n) is 2.14. The Hall–Kier alpha value is -2.30. The molecule has 21 heavy (non-hydrogen) atoms. The molecule has 0 radical (unpaired) electrons. The van der Waals surface area contributed by atoms with Crippen molar-refractivity contribution in [2.75, 3.05) is 18.9 Å². The lowest BCUT2D eigenvalue weighted by Crippen LogP contribution is -2.27. The van der Waals surface area contributed by atoms with Crippen LogP contribution in [0.3, 0.4) is 0 Å². The maximum absolute atomic E-state index is 12.6. The average molecular weight is 286 g/mol. The van der Waals surface area contributed by atoms with Crippen molar-refractivity contribution in [3.8, 4) is 0 Å². The number of nitrogens with one attached hydrogen (secondary N) is 2. The van der Waals surface area contributed by atoms with E-state index < -0.39 is 0 Å². The molecule has 0 unspecified atom stereocenters. The summed E-state index contributed by atoms with van der Waals surface area (Å²) in [6.45, 7) is 5.45. The third-order valence-electron chi connectivity index (χ3n) is 3.26. The Labute approximate surface area is 125 Å². The fraction of sp³-hybridized carbons (Fsp3) is 0.375. The highest BCUT2D eigenvalue weighted by molar-refractivity contribution is 5.99. The SMILES string of the molecule is CCCNc1cc(C)ccc1C(=O)N(C)Cc1ncc[nH]1. The number of aromatic nitrogens is 2. The Morgan fingerprint density at radius 1 is 1.43 bits per heavy atom. The fourth-order valence-corrected chi connectivity index (χ4v) is 2.14. The molecule has 1 aromatic heterocycles. The second-order valence-corrected chi connectivity index (χ2v) is 5.17. The maximum atomic E-state index is 12.6. The molecule has 0 spiro atoms. The highest BCUT2D eigenvalue weighted by Crippen LogP contribution is 2.19. The molecule has 2 aromatic rings. The Balaban J connectivity index is 2.17. The van der Waals surface area contributed by atoms with E-state index in [1.54, 1.807) is 24.3 Å². The molecule has 5 nitrogen and oxygen atoms in total. The molecule has 2 rings (SSSR count). The monoisotopic (exact) mass is 286 g/mol. The number of imidazole rings is 1. The molecule has 2 N–H and O–H groups in total. The normalized spacial score (nSPS) is 10.4. The minimum Gasteiger partial charge on any atom is -0.384 e. The quantitative estimate of drug-likeness (QED) is 0.858. The summed E-state index contributed by atoms with van der Waals surface area (Å²) >= 11 is 0. The summed E-state index contributed by atoms with van der Waals surface area (Å²) in [5.74, 6) is 0.769. The van der Waals surface area contributed by atoms with Crippen LogP contribution >= 0.6 is 0 Å². The number of carbonyl (C=O) groups is 1. The van der Waals surface area contributed by atoms with Gasteiger partial charge in [-0.1, -0.05) is 13.0 Å². The molecular formula is C16H22N4O. The molecule has 112 valence electrons. The smallest absolute Gasteiger partial charge is 0.256 e. The van der Waals surface area contributed by atoms with E-state index in [-0.39, 0.29) is 5.91 Å². The van der Waals surface area contributed by atoms with Gasteiger partial charge in [0.1, 0.15) is 5.82 Å². The summed E-state index contributed by atoms with van der Waals surface area (Å²) in [6, 6.07) is 5.86. The molecule has 0 aliphatic rings. The van der Waals surface area contributed by atoms with Crippen LogP contribution in [0.5, 0.6) is 0 Å². The molecule has 0 saturated heterocycles. The van der Waals surface area contributed by atoms with Gasteiger partial charge < -0.3 is 15.2 Å². The van der Waals surface area contributed by atoms with Gasteiger partial charge in [0.2, 0.25) is 0 Å². The van der Waals surface area contributed by atoms with Crippen molar-refractivity contribution in [3.05, 3.63) is 47.5 Å². The van der Waals surface area contributed by atoms with E-state index in [4.69, 9.17) is 0 Å². The van der Waals surface area contributed by atoms with Gasteiger partial charge >= 0.3 is 0 Å². The minimum atomic E-state index is -0.00926. The van der Waals surface area contributed by atoms with Crippen molar-refractivity contribution in [3.63, 3.8) is 0 Å². The first kappa shape index (κ1) is 15.1. The Morgan fingerprint density at radius 3 is 2.90 bits per heavy atom. The van der Waals surface area contributed by atoms with E-state index in [9.17, 15) is 4.79 Å². The largest absolute Gasteiger partial charge is 0.384 e. The third-order valence-corrected chi connectivity index (χ3v) is 3.26. The van der Waals surface area contributed by atoms with Crippen LogP contribution in [0.1, 0.15) is 35.1 Å². The number of rotatable bonds is 6. The summed E-state index contributed by atoms with van der Waals surface area (Å²) in [4.78, 5) is 21.4. The van der Waals surface area contributed by atoms with E-state index in [1.165, 1.54) is 0 Å². The molecule has 0 bridgehead atoms. The Morgan fingerprint density at radius 2 is 2.24 bits per heavy atom. The van der Waals surface area contributed by atoms with Gasteiger partial charge in [0, 0.05) is 31.7 Å². The molecule has 5 heteroatoms. The van der Waals surface area contributed by atoms with Gasteiger partial charge in [0.25, 0.3) is 5.91 Å². The van der Waals surface area contributed by atoms with Crippen LogP contribution in [0.4, 0.5) is 5.69 Å². The van der Waals surface area contributed by atoms with E-state index in [0.717, 1.165) is 30.0 Å².